The van der Waals surface area contributed by atoms with Crippen LogP contribution >= 0.6 is 11.6 Å². The number of aryl methyl sites for hydroxylation is 1. The largest absolute Gasteiger partial charge is 0.309 e. The second-order valence-electron chi connectivity index (χ2n) is 6.61. The van der Waals surface area contributed by atoms with E-state index in [0.717, 1.165) is 47.3 Å². The molecule has 1 amide bonds. The molecule has 0 radical (unpaired) electrons. The number of rotatable bonds is 2. The predicted octanol–water partition coefficient (Wildman–Crippen LogP) is 5.18. The van der Waals surface area contributed by atoms with E-state index in [0.29, 0.717) is 11.1 Å². The minimum absolute atomic E-state index is 0.244. The van der Waals surface area contributed by atoms with Gasteiger partial charge in [0.1, 0.15) is 5.82 Å². The van der Waals surface area contributed by atoms with Gasteiger partial charge in [0.15, 0.2) is 0 Å². The van der Waals surface area contributed by atoms with Crippen molar-refractivity contribution >= 4 is 34.1 Å². The standard InChI is InChI=1S/C21H18ClFN2O/c1-25(19-9-5-3-7-16(19)23)21(26)13-10-11-15-18(12-13)24-17-8-4-2-6-14(17)20(15)22/h3,5,7,9-12H,2,4,6,8H2,1H3. The van der Waals surface area contributed by atoms with Crippen LogP contribution in [0.3, 0.4) is 0 Å². The molecule has 5 heteroatoms. The summed E-state index contributed by atoms with van der Waals surface area (Å²) in [5.41, 5.74) is 3.58. The quantitative estimate of drug-likeness (QED) is 0.624. The number of carbonyl (C=O) groups is 1. The Hall–Kier alpha value is -2.46. The first-order chi connectivity index (χ1) is 12.6. The molecule has 3 nitrogen and oxygen atoms in total. The van der Waals surface area contributed by atoms with E-state index in [4.69, 9.17) is 16.6 Å². The molecular formula is C21H18ClFN2O. The highest BCUT2D eigenvalue weighted by atomic mass is 35.5. The fourth-order valence-corrected chi connectivity index (χ4v) is 3.89. The van der Waals surface area contributed by atoms with Crippen molar-refractivity contribution in [1.29, 1.82) is 0 Å². The monoisotopic (exact) mass is 368 g/mol. The first-order valence-corrected chi connectivity index (χ1v) is 9.07. The zero-order chi connectivity index (χ0) is 18.3. The summed E-state index contributed by atoms with van der Waals surface area (Å²) in [6.07, 6.45) is 4.10. The molecule has 132 valence electrons. The molecule has 0 N–H and O–H groups in total. The smallest absolute Gasteiger partial charge is 0.258 e. The molecule has 2 aromatic carbocycles. The molecule has 0 saturated heterocycles. The third-order valence-electron chi connectivity index (χ3n) is 4.96. The number of para-hydroxylation sites is 1. The summed E-state index contributed by atoms with van der Waals surface area (Å²) >= 11 is 6.59. The van der Waals surface area contributed by atoms with Gasteiger partial charge in [-0.1, -0.05) is 29.8 Å². The van der Waals surface area contributed by atoms with Gasteiger partial charge in [-0.05, 0) is 55.5 Å². The molecule has 0 unspecified atom stereocenters. The molecule has 26 heavy (non-hydrogen) atoms. The zero-order valence-electron chi connectivity index (χ0n) is 14.4. The van der Waals surface area contributed by atoms with Gasteiger partial charge in [-0.3, -0.25) is 9.78 Å². The van der Waals surface area contributed by atoms with Crippen LogP contribution in [-0.4, -0.2) is 17.9 Å². The zero-order valence-corrected chi connectivity index (χ0v) is 15.2. The predicted molar refractivity (Wildman–Crippen MR) is 103 cm³/mol. The highest BCUT2D eigenvalue weighted by molar-refractivity contribution is 6.36. The van der Waals surface area contributed by atoms with Crippen molar-refractivity contribution in [1.82, 2.24) is 4.98 Å². The number of amides is 1. The molecule has 0 spiro atoms. The van der Waals surface area contributed by atoms with Crippen LogP contribution in [0.15, 0.2) is 42.5 Å². The summed E-state index contributed by atoms with van der Waals surface area (Å²) in [5.74, 6) is -0.716. The lowest BCUT2D eigenvalue weighted by molar-refractivity contribution is 0.0992. The van der Waals surface area contributed by atoms with Gasteiger partial charge in [0.2, 0.25) is 0 Å². The van der Waals surface area contributed by atoms with Crippen LogP contribution in [0.2, 0.25) is 5.02 Å². The molecule has 4 rings (SSSR count). The van der Waals surface area contributed by atoms with Crippen LogP contribution in [0.25, 0.3) is 10.9 Å². The van der Waals surface area contributed by atoms with Crippen molar-refractivity contribution < 1.29 is 9.18 Å². The lowest BCUT2D eigenvalue weighted by Gasteiger charge is -2.20. The molecular weight excluding hydrogens is 351 g/mol. The van der Waals surface area contributed by atoms with Gasteiger partial charge in [-0.2, -0.15) is 0 Å². The molecule has 1 heterocycles. The number of benzene rings is 2. The van der Waals surface area contributed by atoms with E-state index in [2.05, 4.69) is 0 Å². The van der Waals surface area contributed by atoms with Gasteiger partial charge >= 0.3 is 0 Å². The van der Waals surface area contributed by atoms with E-state index in [-0.39, 0.29) is 11.6 Å². The van der Waals surface area contributed by atoms with Gasteiger partial charge in [-0.25, -0.2) is 4.39 Å². The molecule has 0 aliphatic heterocycles. The summed E-state index contributed by atoms with van der Waals surface area (Å²) in [5, 5.41) is 1.60. The number of anilines is 1. The van der Waals surface area contributed by atoms with E-state index in [9.17, 15) is 9.18 Å². The fraction of sp³-hybridized carbons (Fsp3) is 0.238. The maximum absolute atomic E-state index is 14.0. The van der Waals surface area contributed by atoms with E-state index in [1.807, 2.05) is 6.07 Å². The van der Waals surface area contributed by atoms with Crippen molar-refractivity contribution in [3.63, 3.8) is 0 Å². The highest BCUT2D eigenvalue weighted by Gasteiger charge is 2.20. The Kier molecular flexibility index (Phi) is 4.37. The molecule has 0 atom stereocenters. The van der Waals surface area contributed by atoms with Gasteiger partial charge in [0.05, 0.1) is 16.2 Å². The van der Waals surface area contributed by atoms with Crippen LogP contribution in [0.1, 0.15) is 34.5 Å². The minimum atomic E-state index is -0.431. The van der Waals surface area contributed by atoms with Gasteiger partial charge < -0.3 is 4.90 Å². The summed E-state index contributed by atoms with van der Waals surface area (Å²) in [4.78, 5) is 18.9. The number of fused-ring (bicyclic) bond motifs is 2. The van der Waals surface area contributed by atoms with Crippen molar-refractivity contribution in [2.45, 2.75) is 25.7 Å². The van der Waals surface area contributed by atoms with Crippen LogP contribution in [0, 0.1) is 5.82 Å². The topological polar surface area (TPSA) is 33.2 Å². The van der Waals surface area contributed by atoms with Crippen LogP contribution < -0.4 is 4.90 Å². The van der Waals surface area contributed by atoms with Gasteiger partial charge in [-0.15, -0.1) is 0 Å². The lowest BCUT2D eigenvalue weighted by atomic mass is 9.94. The Bertz CT molecular complexity index is 1020. The van der Waals surface area contributed by atoms with Gasteiger partial charge in [0.25, 0.3) is 5.91 Å². The summed E-state index contributed by atoms with van der Waals surface area (Å²) < 4.78 is 14.0. The minimum Gasteiger partial charge on any atom is -0.309 e. The van der Waals surface area contributed by atoms with Crippen LogP contribution in [-0.2, 0) is 12.8 Å². The molecule has 3 aromatic rings. The van der Waals surface area contributed by atoms with E-state index < -0.39 is 5.82 Å². The number of aromatic nitrogens is 1. The Morgan fingerprint density at radius 3 is 2.73 bits per heavy atom. The maximum atomic E-state index is 14.0. The second-order valence-corrected chi connectivity index (χ2v) is 6.98. The maximum Gasteiger partial charge on any atom is 0.258 e. The Balaban J connectivity index is 1.75. The average Bonchev–Trinajstić information content (AvgIpc) is 2.67. The first-order valence-electron chi connectivity index (χ1n) is 8.70. The summed E-state index contributed by atoms with van der Waals surface area (Å²) in [6.45, 7) is 0. The van der Waals surface area contributed by atoms with Crippen molar-refractivity contribution in [3.05, 3.63) is 70.1 Å². The Labute approximate surface area is 156 Å². The molecule has 0 saturated carbocycles. The molecule has 1 aliphatic carbocycles. The third-order valence-corrected chi connectivity index (χ3v) is 5.39. The van der Waals surface area contributed by atoms with Crippen molar-refractivity contribution in [3.8, 4) is 0 Å². The van der Waals surface area contributed by atoms with Crippen LogP contribution in [0.5, 0.6) is 0 Å². The van der Waals surface area contributed by atoms with Crippen molar-refractivity contribution in [2.24, 2.45) is 0 Å². The fourth-order valence-electron chi connectivity index (χ4n) is 3.53. The summed E-state index contributed by atoms with van der Waals surface area (Å²) in [6, 6.07) is 11.5. The lowest BCUT2D eigenvalue weighted by Crippen LogP contribution is -2.27. The van der Waals surface area contributed by atoms with E-state index >= 15 is 0 Å². The number of hydrogen-bond donors (Lipinski definition) is 0. The van der Waals surface area contributed by atoms with Crippen LogP contribution in [0.4, 0.5) is 10.1 Å². The number of nitrogens with zero attached hydrogens (tertiary/aromatic N) is 2. The molecule has 0 bridgehead atoms. The van der Waals surface area contributed by atoms with E-state index in [1.165, 1.54) is 11.0 Å². The Morgan fingerprint density at radius 1 is 1.15 bits per heavy atom. The summed E-state index contributed by atoms with van der Waals surface area (Å²) in [7, 11) is 1.57. The van der Waals surface area contributed by atoms with Gasteiger partial charge in [0, 0.05) is 23.7 Å². The molecule has 1 aliphatic rings. The number of carbonyl (C=O) groups excluding carboxylic acids is 1. The van der Waals surface area contributed by atoms with Crippen molar-refractivity contribution in [2.75, 3.05) is 11.9 Å². The highest BCUT2D eigenvalue weighted by Crippen LogP contribution is 2.33. The number of hydrogen-bond acceptors (Lipinski definition) is 2. The second kappa shape index (κ2) is 6.69. The molecule has 0 fully saturated rings. The molecule has 1 aromatic heterocycles. The average molecular weight is 369 g/mol. The normalized spacial score (nSPS) is 13.5. The number of halogens is 2. The SMILES string of the molecule is CN(C(=O)c1ccc2c(Cl)c3c(nc2c1)CCCC3)c1ccccc1F. The van der Waals surface area contributed by atoms with E-state index in [1.54, 1.807) is 37.4 Å². The Morgan fingerprint density at radius 2 is 1.92 bits per heavy atom. The number of pyridine rings is 1. The third kappa shape index (κ3) is 2.84. The first kappa shape index (κ1) is 17.0.